The van der Waals surface area contributed by atoms with Gasteiger partial charge in [0.2, 0.25) is 5.91 Å². The van der Waals surface area contributed by atoms with Gasteiger partial charge in [0.15, 0.2) is 8.32 Å². The summed E-state index contributed by atoms with van der Waals surface area (Å²) in [6.45, 7) is 8.07. The van der Waals surface area contributed by atoms with Crippen molar-refractivity contribution in [1.82, 2.24) is 5.32 Å². The molecule has 0 saturated heterocycles. The summed E-state index contributed by atoms with van der Waals surface area (Å²) in [5.74, 6) is -1.43. The van der Waals surface area contributed by atoms with Crippen LogP contribution in [-0.2, 0) is 14.0 Å². The molecule has 98 valence electrons. The van der Waals surface area contributed by atoms with Crippen molar-refractivity contribution in [3.8, 4) is 0 Å². The Morgan fingerprint density at radius 2 is 2.00 bits per heavy atom. The van der Waals surface area contributed by atoms with Crippen LogP contribution in [0.15, 0.2) is 12.2 Å². The Morgan fingerprint density at radius 1 is 1.41 bits per heavy atom. The van der Waals surface area contributed by atoms with Gasteiger partial charge in [-0.2, -0.15) is 0 Å². The van der Waals surface area contributed by atoms with E-state index in [1.807, 2.05) is 0 Å². The zero-order valence-corrected chi connectivity index (χ0v) is 11.7. The van der Waals surface area contributed by atoms with Crippen LogP contribution in [0, 0.1) is 0 Å². The topological polar surface area (TPSA) is 75.6 Å². The number of aliphatic carboxylic acids is 1. The first kappa shape index (κ1) is 15.9. The maximum atomic E-state index is 11.3. The summed E-state index contributed by atoms with van der Waals surface area (Å²) >= 11 is 0. The van der Waals surface area contributed by atoms with Crippen LogP contribution >= 0.6 is 0 Å². The average molecular weight is 259 g/mol. The third kappa shape index (κ3) is 7.70. The van der Waals surface area contributed by atoms with Gasteiger partial charge >= 0.3 is 5.97 Å². The molecule has 0 aliphatic heterocycles. The molecule has 0 aliphatic carbocycles. The monoisotopic (exact) mass is 259 g/mol. The van der Waals surface area contributed by atoms with Gasteiger partial charge in [-0.3, -0.25) is 4.79 Å². The highest BCUT2D eigenvalue weighted by Gasteiger charge is 2.19. The summed E-state index contributed by atoms with van der Waals surface area (Å²) in [5, 5.41) is 11.2. The Kier molecular flexibility index (Phi) is 6.75. The molecule has 0 rings (SSSR count). The lowest BCUT2D eigenvalue weighted by Gasteiger charge is -2.19. The zero-order valence-electron chi connectivity index (χ0n) is 10.7. The minimum absolute atomic E-state index is 0.0888. The maximum Gasteiger partial charge on any atom is 0.331 e. The molecule has 0 bridgehead atoms. The summed E-state index contributed by atoms with van der Waals surface area (Å²) < 4.78 is 5.38. The zero-order chi connectivity index (χ0) is 13.5. The van der Waals surface area contributed by atoms with Gasteiger partial charge in [0.25, 0.3) is 0 Å². The number of nitrogens with one attached hydrogen (secondary N) is 1. The molecule has 0 aromatic rings. The van der Waals surface area contributed by atoms with E-state index >= 15 is 0 Å². The van der Waals surface area contributed by atoms with Crippen molar-refractivity contribution >= 4 is 20.2 Å². The van der Waals surface area contributed by atoms with E-state index in [4.69, 9.17) is 9.53 Å². The van der Waals surface area contributed by atoms with Crippen molar-refractivity contribution in [2.45, 2.75) is 32.0 Å². The quantitative estimate of drug-likeness (QED) is 0.392. The molecule has 0 aromatic carbocycles. The Hall–Kier alpha value is -1.14. The van der Waals surface area contributed by atoms with Crippen LogP contribution in [0.5, 0.6) is 0 Å². The van der Waals surface area contributed by atoms with Crippen molar-refractivity contribution in [3.05, 3.63) is 12.2 Å². The molecule has 6 heteroatoms. The molecule has 5 nitrogen and oxygen atoms in total. The SMILES string of the molecule is C=C(CC(=O)NCCC[Si](C)(C)OC)C(=O)O. The predicted octanol–water partition coefficient (Wildman–Crippen LogP) is 1.38. The molecule has 0 unspecified atom stereocenters. The van der Waals surface area contributed by atoms with Crippen LogP contribution in [0.4, 0.5) is 0 Å². The second-order valence-corrected chi connectivity index (χ2v) is 8.93. The van der Waals surface area contributed by atoms with Gasteiger partial charge < -0.3 is 14.8 Å². The fourth-order valence-electron chi connectivity index (χ4n) is 1.18. The molecule has 0 spiro atoms. The summed E-state index contributed by atoms with van der Waals surface area (Å²) in [5.41, 5.74) is -0.0888. The molecule has 17 heavy (non-hydrogen) atoms. The van der Waals surface area contributed by atoms with Crippen LogP contribution in [0.2, 0.25) is 19.1 Å². The van der Waals surface area contributed by atoms with Gasteiger partial charge in [-0.1, -0.05) is 6.58 Å². The summed E-state index contributed by atoms with van der Waals surface area (Å²) in [6.07, 6.45) is 0.693. The van der Waals surface area contributed by atoms with E-state index in [0.717, 1.165) is 12.5 Å². The van der Waals surface area contributed by atoms with Crippen molar-refractivity contribution in [1.29, 1.82) is 0 Å². The number of carbonyl (C=O) groups excluding carboxylic acids is 1. The largest absolute Gasteiger partial charge is 0.478 e. The van der Waals surface area contributed by atoms with Crippen molar-refractivity contribution in [2.75, 3.05) is 13.7 Å². The number of rotatable bonds is 8. The highest BCUT2D eigenvalue weighted by atomic mass is 28.4. The maximum absolute atomic E-state index is 11.3. The highest BCUT2D eigenvalue weighted by molar-refractivity contribution is 6.71. The number of hydrogen-bond acceptors (Lipinski definition) is 3. The van der Waals surface area contributed by atoms with Crippen LogP contribution in [0.3, 0.4) is 0 Å². The summed E-state index contributed by atoms with van der Waals surface area (Å²) in [6, 6.07) is 0.962. The molecule has 1 amide bonds. The summed E-state index contributed by atoms with van der Waals surface area (Å²) in [7, 11) is 0.148. The Labute approximate surface area is 103 Å². The molecule has 0 aliphatic rings. The molecular weight excluding hydrogens is 238 g/mol. The highest BCUT2D eigenvalue weighted by Crippen LogP contribution is 2.11. The Morgan fingerprint density at radius 3 is 2.47 bits per heavy atom. The van der Waals surface area contributed by atoms with Crippen LogP contribution in [0.1, 0.15) is 12.8 Å². The molecule has 0 aromatic heterocycles. The second-order valence-electron chi connectivity index (χ2n) is 4.50. The van der Waals surface area contributed by atoms with E-state index < -0.39 is 14.3 Å². The number of hydrogen-bond donors (Lipinski definition) is 2. The van der Waals surface area contributed by atoms with E-state index in [1.165, 1.54) is 0 Å². The second kappa shape index (κ2) is 7.23. The minimum Gasteiger partial charge on any atom is -0.478 e. The lowest BCUT2D eigenvalue weighted by atomic mass is 10.2. The Bertz CT molecular complexity index is 302. The fourth-order valence-corrected chi connectivity index (χ4v) is 2.41. The standard InChI is InChI=1S/C11H21NO4Si/c1-9(11(14)15)8-10(13)12-6-5-7-17(3,4)16-2/h1,5-8H2,2-4H3,(H,12,13)(H,14,15). The van der Waals surface area contributed by atoms with E-state index in [0.29, 0.717) is 6.54 Å². The number of carboxylic acid groups (broad SMARTS) is 1. The first-order valence-electron chi connectivity index (χ1n) is 5.51. The molecule has 0 saturated carbocycles. The van der Waals surface area contributed by atoms with Crippen molar-refractivity contribution in [3.63, 3.8) is 0 Å². The van der Waals surface area contributed by atoms with Gasteiger partial charge in [0.1, 0.15) is 0 Å². The first-order valence-corrected chi connectivity index (χ1v) is 8.63. The van der Waals surface area contributed by atoms with Gasteiger partial charge in [-0.05, 0) is 25.6 Å². The number of carbonyl (C=O) groups is 2. The third-order valence-corrected chi connectivity index (χ3v) is 5.17. The molecule has 2 N–H and O–H groups in total. The number of carboxylic acids is 1. The van der Waals surface area contributed by atoms with Gasteiger partial charge in [-0.15, -0.1) is 0 Å². The van der Waals surface area contributed by atoms with Gasteiger partial charge in [-0.25, -0.2) is 4.79 Å². The fraction of sp³-hybridized carbons (Fsp3) is 0.636. The third-order valence-electron chi connectivity index (χ3n) is 2.51. The summed E-state index contributed by atoms with van der Waals surface area (Å²) in [4.78, 5) is 21.7. The molecule has 0 fully saturated rings. The normalized spacial score (nSPS) is 11.0. The average Bonchev–Trinajstić information content (AvgIpc) is 2.24. The van der Waals surface area contributed by atoms with E-state index in [9.17, 15) is 9.59 Å². The first-order chi connectivity index (χ1) is 7.78. The van der Waals surface area contributed by atoms with Crippen molar-refractivity contribution < 1.29 is 19.1 Å². The van der Waals surface area contributed by atoms with Crippen LogP contribution < -0.4 is 5.32 Å². The van der Waals surface area contributed by atoms with Gasteiger partial charge in [0, 0.05) is 19.2 Å². The smallest absolute Gasteiger partial charge is 0.331 e. The van der Waals surface area contributed by atoms with E-state index in [1.54, 1.807) is 7.11 Å². The Balaban J connectivity index is 3.73. The predicted molar refractivity (Wildman–Crippen MR) is 68.3 cm³/mol. The molecular formula is C11H21NO4Si. The molecule has 0 radical (unpaired) electrons. The lowest BCUT2D eigenvalue weighted by molar-refractivity contribution is -0.134. The van der Waals surface area contributed by atoms with Crippen molar-refractivity contribution in [2.24, 2.45) is 0 Å². The van der Waals surface area contributed by atoms with E-state index in [-0.39, 0.29) is 17.9 Å². The molecule has 0 heterocycles. The van der Waals surface area contributed by atoms with E-state index in [2.05, 4.69) is 25.0 Å². The number of amides is 1. The van der Waals surface area contributed by atoms with Crippen LogP contribution in [0.25, 0.3) is 0 Å². The van der Waals surface area contributed by atoms with Crippen LogP contribution in [-0.4, -0.2) is 39.0 Å². The van der Waals surface area contributed by atoms with Gasteiger partial charge in [0.05, 0.1) is 6.42 Å². The minimum atomic E-state index is -1.56. The lowest BCUT2D eigenvalue weighted by Crippen LogP contribution is -2.31. The molecule has 0 atom stereocenters.